The van der Waals surface area contributed by atoms with Gasteiger partial charge in [-0.1, -0.05) is 171 Å². The summed E-state index contributed by atoms with van der Waals surface area (Å²) in [7, 11) is 0. The highest BCUT2D eigenvalue weighted by molar-refractivity contribution is 6.01. The van der Waals surface area contributed by atoms with Crippen molar-refractivity contribution in [3.05, 3.63) is 195 Å². The number of hydrogen-bond donors (Lipinski definition) is 0. The summed E-state index contributed by atoms with van der Waals surface area (Å²) in [6.07, 6.45) is 9.52. The van der Waals surface area contributed by atoms with E-state index in [-0.39, 0.29) is 21.7 Å². The molecule has 0 aromatic heterocycles. The summed E-state index contributed by atoms with van der Waals surface area (Å²) in [6.45, 7) is 20.0. The summed E-state index contributed by atoms with van der Waals surface area (Å²) in [4.78, 5) is 2.81. The van der Waals surface area contributed by atoms with Crippen molar-refractivity contribution < 1.29 is 0 Å². The summed E-state index contributed by atoms with van der Waals surface area (Å²) < 4.78 is 0. The van der Waals surface area contributed by atoms with Crippen molar-refractivity contribution in [1.29, 1.82) is 0 Å². The van der Waals surface area contributed by atoms with Gasteiger partial charge in [-0.3, -0.25) is 0 Å². The van der Waals surface area contributed by atoms with Crippen LogP contribution in [0, 0.1) is 0 Å². The van der Waals surface area contributed by atoms with E-state index in [9.17, 15) is 0 Å². The van der Waals surface area contributed by atoms with Crippen LogP contribution in [-0.4, -0.2) is 0 Å². The molecule has 7 aromatic rings. The number of fused-ring (bicyclic) bond motifs is 13. The van der Waals surface area contributed by atoms with Crippen LogP contribution < -0.4 is 4.90 Å². The molecule has 0 aliphatic heterocycles. The van der Waals surface area contributed by atoms with Gasteiger partial charge in [-0.15, -0.1) is 0 Å². The SMILES string of the molecule is CC1(C)CCC(C)(C)c2c(N(c3cc4c(cc3-c3ccc5c(c3)CCCC5)-c3ccccc3C43c4ccccc4-c4ccccc43)c3cccc4c3C(C)(C)CCC4(C)C)cccc21. The fourth-order valence-corrected chi connectivity index (χ4v) is 13.6. The molecular formula is C63H63N. The minimum absolute atomic E-state index is 0.0210. The molecule has 320 valence electrons. The van der Waals surface area contributed by atoms with E-state index in [0.717, 1.165) is 19.3 Å². The summed E-state index contributed by atoms with van der Waals surface area (Å²) in [5.74, 6) is 0. The van der Waals surface area contributed by atoms with Crippen LogP contribution in [0.3, 0.4) is 0 Å². The number of benzene rings is 7. The van der Waals surface area contributed by atoms with Gasteiger partial charge in [0.2, 0.25) is 0 Å². The van der Waals surface area contributed by atoms with Crippen molar-refractivity contribution in [2.45, 2.75) is 134 Å². The Kier molecular flexibility index (Phi) is 8.53. The summed E-state index contributed by atoms with van der Waals surface area (Å²) in [6, 6.07) is 55.4. The third-order valence-corrected chi connectivity index (χ3v) is 17.1. The Balaban J connectivity index is 1.26. The van der Waals surface area contributed by atoms with Crippen LogP contribution in [0.1, 0.15) is 150 Å². The third-order valence-electron chi connectivity index (χ3n) is 17.1. The lowest BCUT2D eigenvalue weighted by Gasteiger charge is -2.47. The molecule has 0 heterocycles. The minimum atomic E-state index is -0.456. The van der Waals surface area contributed by atoms with Gasteiger partial charge in [0.05, 0.1) is 22.5 Å². The first-order chi connectivity index (χ1) is 30.7. The van der Waals surface area contributed by atoms with Crippen molar-refractivity contribution in [3.8, 4) is 33.4 Å². The maximum atomic E-state index is 2.81. The average Bonchev–Trinajstić information content (AvgIpc) is 3.76. The molecule has 0 saturated carbocycles. The van der Waals surface area contributed by atoms with Gasteiger partial charge >= 0.3 is 0 Å². The molecule has 1 heteroatoms. The van der Waals surface area contributed by atoms with Crippen molar-refractivity contribution >= 4 is 17.1 Å². The second-order valence-corrected chi connectivity index (χ2v) is 22.8. The van der Waals surface area contributed by atoms with E-state index < -0.39 is 5.41 Å². The first kappa shape index (κ1) is 39.9. The first-order valence-electron chi connectivity index (χ1n) is 24.4. The van der Waals surface area contributed by atoms with Gasteiger partial charge in [0.25, 0.3) is 0 Å². The number of anilines is 3. The molecule has 0 atom stereocenters. The number of hydrogen-bond acceptors (Lipinski definition) is 1. The van der Waals surface area contributed by atoms with Crippen LogP contribution in [0.15, 0.2) is 140 Å². The van der Waals surface area contributed by atoms with Gasteiger partial charge in [-0.2, -0.15) is 0 Å². The smallest absolute Gasteiger partial charge is 0.0726 e. The topological polar surface area (TPSA) is 3.24 Å². The van der Waals surface area contributed by atoms with Gasteiger partial charge < -0.3 is 4.90 Å². The van der Waals surface area contributed by atoms with E-state index in [2.05, 4.69) is 200 Å². The summed E-state index contributed by atoms with van der Waals surface area (Å²) in [5, 5.41) is 0. The predicted octanol–water partition coefficient (Wildman–Crippen LogP) is 16.7. The Hall–Kier alpha value is -5.66. The Bertz CT molecular complexity index is 2950. The molecular weight excluding hydrogens is 771 g/mol. The van der Waals surface area contributed by atoms with Gasteiger partial charge in [0.15, 0.2) is 0 Å². The molecule has 0 bridgehead atoms. The summed E-state index contributed by atoms with van der Waals surface area (Å²) in [5.41, 5.74) is 26.2. The van der Waals surface area contributed by atoms with Gasteiger partial charge in [-0.05, 0) is 181 Å². The lowest BCUT2D eigenvalue weighted by atomic mass is 9.62. The van der Waals surface area contributed by atoms with E-state index in [0.29, 0.717) is 0 Å². The number of rotatable bonds is 4. The highest BCUT2D eigenvalue weighted by atomic mass is 15.2. The second kappa shape index (κ2) is 13.7. The maximum Gasteiger partial charge on any atom is 0.0726 e. The molecule has 0 fully saturated rings. The lowest BCUT2D eigenvalue weighted by Crippen LogP contribution is -2.37. The molecule has 0 saturated heterocycles. The number of aryl methyl sites for hydroxylation is 2. The van der Waals surface area contributed by atoms with E-state index in [4.69, 9.17) is 0 Å². The van der Waals surface area contributed by atoms with E-state index in [1.54, 1.807) is 0 Å². The highest BCUT2D eigenvalue weighted by Gasteiger charge is 2.52. The minimum Gasteiger partial charge on any atom is -0.309 e. The van der Waals surface area contributed by atoms with Crippen molar-refractivity contribution in [1.82, 2.24) is 0 Å². The molecule has 5 aliphatic carbocycles. The van der Waals surface area contributed by atoms with Crippen molar-refractivity contribution in [2.24, 2.45) is 0 Å². The van der Waals surface area contributed by atoms with Crippen LogP contribution in [-0.2, 0) is 39.9 Å². The first-order valence-corrected chi connectivity index (χ1v) is 24.4. The van der Waals surface area contributed by atoms with E-state index >= 15 is 0 Å². The largest absolute Gasteiger partial charge is 0.309 e. The molecule has 0 amide bonds. The molecule has 1 spiro atoms. The predicted molar refractivity (Wildman–Crippen MR) is 270 cm³/mol. The monoisotopic (exact) mass is 833 g/mol. The van der Waals surface area contributed by atoms with Gasteiger partial charge in [-0.25, -0.2) is 0 Å². The Labute approximate surface area is 382 Å². The zero-order valence-electron chi connectivity index (χ0n) is 39.4. The zero-order chi connectivity index (χ0) is 44.0. The van der Waals surface area contributed by atoms with Crippen LogP contribution in [0.4, 0.5) is 17.1 Å². The molecule has 0 radical (unpaired) electrons. The normalized spacial score (nSPS) is 19.4. The Morgan fingerprint density at radius 3 is 1.33 bits per heavy atom. The van der Waals surface area contributed by atoms with Crippen LogP contribution >= 0.6 is 0 Å². The van der Waals surface area contributed by atoms with Crippen molar-refractivity contribution in [2.75, 3.05) is 4.90 Å². The Morgan fingerprint density at radius 1 is 0.344 bits per heavy atom. The Morgan fingerprint density at radius 2 is 0.797 bits per heavy atom. The molecule has 64 heavy (non-hydrogen) atoms. The zero-order valence-corrected chi connectivity index (χ0v) is 39.4. The molecule has 1 nitrogen and oxygen atoms in total. The molecule has 7 aromatic carbocycles. The van der Waals surface area contributed by atoms with E-state index in [1.165, 1.54) is 138 Å². The van der Waals surface area contributed by atoms with Crippen LogP contribution in [0.5, 0.6) is 0 Å². The van der Waals surface area contributed by atoms with E-state index in [1.807, 2.05) is 0 Å². The quantitative estimate of drug-likeness (QED) is 0.171. The fraction of sp³-hybridized carbons (Fsp3) is 0.333. The second-order valence-electron chi connectivity index (χ2n) is 22.8. The van der Waals surface area contributed by atoms with Crippen molar-refractivity contribution in [3.63, 3.8) is 0 Å². The third kappa shape index (κ3) is 5.49. The lowest BCUT2D eigenvalue weighted by molar-refractivity contribution is 0.331. The van der Waals surface area contributed by atoms with Gasteiger partial charge in [0, 0.05) is 5.56 Å². The molecule has 0 N–H and O–H groups in total. The maximum absolute atomic E-state index is 2.81. The average molecular weight is 834 g/mol. The van der Waals surface area contributed by atoms with Gasteiger partial charge in [0.1, 0.15) is 0 Å². The van der Waals surface area contributed by atoms with Crippen LogP contribution in [0.25, 0.3) is 33.4 Å². The molecule has 5 aliphatic rings. The standard InChI is InChI=1S/C63H63N/c1-59(2)33-35-61(5,6)57-51(59)27-17-29-54(57)64(55-30-18-28-52-58(55)62(7,8)36-34-60(52,3)4)56-39-53-47(38-46(56)42-32-31-40-19-9-10-20-41(40)37-42)45-23-13-16-26-50(45)63(53)48-24-14-11-21-43(48)44-22-12-15-25-49(44)63/h11-18,21-32,37-39H,9-10,19-20,33-36H2,1-8H3. The van der Waals surface area contributed by atoms with Crippen LogP contribution in [0.2, 0.25) is 0 Å². The fourth-order valence-electron chi connectivity index (χ4n) is 13.6. The number of nitrogens with zero attached hydrogens (tertiary/aromatic N) is 1. The molecule has 0 unspecified atom stereocenters. The highest BCUT2D eigenvalue weighted by Crippen LogP contribution is 2.65. The molecule has 12 rings (SSSR count). The summed E-state index contributed by atoms with van der Waals surface area (Å²) >= 11 is 0.